The lowest BCUT2D eigenvalue weighted by Crippen LogP contribution is -2.09. The van der Waals surface area contributed by atoms with Crippen LogP contribution < -0.4 is 4.74 Å². The van der Waals surface area contributed by atoms with Crippen molar-refractivity contribution in [2.24, 2.45) is 0 Å². The van der Waals surface area contributed by atoms with E-state index in [0.29, 0.717) is 0 Å². The summed E-state index contributed by atoms with van der Waals surface area (Å²) in [6.07, 6.45) is 0. The second kappa shape index (κ2) is 4.79. The number of alkyl halides is 1. The van der Waals surface area contributed by atoms with E-state index in [1.807, 2.05) is 0 Å². The van der Waals surface area contributed by atoms with Gasteiger partial charge in [-0.3, -0.25) is 9.59 Å². The second-order valence-corrected chi connectivity index (χ2v) is 3.11. The number of hydrogen-bond acceptors (Lipinski definition) is 4. The van der Waals surface area contributed by atoms with E-state index >= 15 is 0 Å². The van der Waals surface area contributed by atoms with Crippen molar-refractivity contribution in [2.45, 2.75) is 6.92 Å². The van der Waals surface area contributed by atoms with E-state index in [-0.39, 0.29) is 28.7 Å². The molecule has 4 nitrogen and oxygen atoms in total. The predicted molar refractivity (Wildman–Crippen MR) is 54.5 cm³/mol. The van der Waals surface area contributed by atoms with Crippen molar-refractivity contribution in [3.05, 3.63) is 23.8 Å². The van der Waals surface area contributed by atoms with Gasteiger partial charge in [-0.25, -0.2) is 0 Å². The number of rotatable bonds is 3. The molecule has 0 saturated carbocycles. The first-order chi connectivity index (χ1) is 7.04. The molecule has 0 heterocycles. The number of halogens is 1. The minimum atomic E-state index is -0.619. The SMILES string of the molecule is CC(=O)c1ccc(OC(=O)CCl)cc1O. The zero-order chi connectivity index (χ0) is 11.4. The maximum Gasteiger partial charge on any atom is 0.326 e. The summed E-state index contributed by atoms with van der Waals surface area (Å²) in [4.78, 5) is 21.8. The number of Topliss-reactive ketones (excluding diaryl/α,β-unsaturated/α-hetero) is 1. The molecule has 0 radical (unpaired) electrons. The number of hydrogen-bond donors (Lipinski definition) is 1. The summed E-state index contributed by atoms with van der Waals surface area (Å²) >= 11 is 5.23. The fourth-order valence-electron chi connectivity index (χ4n) is 1.03. The van der Waals surface area contributed by atoms with Crippen molar-refractivity contribution in [2.75, 3.05) is 5.88 Å². The van der Waals surface area contributed by atoms with Crippen molar-refractivity contribution >= 4 is 23.4 Å². The van der Waals surface area contributed by atoms with E-state index in [4.69, 9.17) is 16.3 Å². The van der Waals surface area contributed by atoms with E-state index in [1.165, 1.54) is 25.1 Å². The van der Waals surface area contributed by atoms with Crippen LogP contribution in [-0.2, 0) is 4.79 Å². The van der Waals surface area contributed by atoms with E-state index in [9.17, 15) is 14.7 Å². The van der Waals surface area contributed by atoms with Crippen LogP contribution in [0, 0.1) is 0 Å². The minimum Gasteiger partial charge on any atom is -0.507 e. The van der Waals surface area contributed by atoms with Gasteiger partial charge in [0.15, 0.2) is 5.78 Å². The number of ether oxygens (including phenoxy) is 1. The van der Waals surface area contributed by atoms with Gasteiger partial charge in [-0.05, 0) is 19.1 Å². The Labute approximate surface area is 91.4 Å². The molecule has 0 saturated heterocycles. The molecule has 0 fully saturated rings. The predicted octanol–water partition coefficient (Wildman–Crippen LogP) is 1.74. The van der Waals surface area contributed by atoms with Crippen LogP contribution in [0.25, 0.3) is 0 Å². The lowest BCUT2D eigenvalue weighted by molar-refractivity contribution is -0.131. The molecular weight excluding hydrogens is 220 g/mol. The molecule has 0 amide bonds. The third-order valence-electron chi connectivity index (χ3n) is 1.69. The molecule has 0 aliphatic carbocycles. The third kappa shape index (κ3) is 2.95. The standard InChI is InChI=1S/C10H9ClO4/c1-6(12)8-3-2-7(4-9(8)13)15-10(14)5-11/h2-4,13H,5H2,1H3. The molecule has 1 aromatic carbocycles. The first kappa shape index (κ1) is 11.5. The third-order valence-corrected chi connectivity index (χ3v) is 1.91. The highest BCUT2D eigenvalue weighted by Crippen LogP contribution is 2.23. The second-order valence-electron chi connectivity index (χ2n) is 2.84. The number of benzene rings is 1. The number of phenolic OH excluding ortho intramolecular Hbond substituents is 1. The summed E-state index contributed by atoms with van der Waals surface area (Å²) in [6, 6.07) is 4.00. The van der Waals surface area contributed by atoms with E-state index < -0.39 is 5.97 Å². The minimum absolute atomic E-state index is 0.156. The summed E-state index contributed by atoms with van der Waals surface area (Å²) in [7, 11) is 0. The maximum absolute atomic E-state index is 11.0. The van der Waals surface area contributed by atoms with Crippen LogP contribution in [-0.4, -0.2) is 22.7 Å². The van der Waals surface area contributed by atoms with Gasteiger partial charge in [-0.1, -0.05) is 0 Å². The molecule has 0 spiro atoms. The molecular formula is C10H9ClO4. The first-order valence-electron chi connectivity index (χ1n) is 4.15. The van der Waals surface area contributed by atoms with Gasteiger partial charge in [-0.15, -0.1) is 11.6 Å². The van der Waals surface area contributed by atoms with Crippen molar-refractivity contribution in [1.29, 1.82) is 0 Å². The Bertz CT molecular complexity index is 400. The summed E-state index contributed by atoms with van der Waals surface area (Å²) in [5.41, 5.74) is 0.181. The smallest absolute Gasteiger partial charge is 0.326 e. The Kier molecular flexibility index (Phi) is 3.68. The number of phenols is 1. The Morgan fingerprint density at radius 2 is 2.13 bits per heavy atom. The number of ketones is 1. The van der Waals surface area contributed by atoms with Crippen molar-refractivity contribution in [3.8, 4) is 11.5 Å². The lowest BCUT2D eigenvalue weighted by atomic mass is 10.1. The normalized spacial score (nSPS) is 9.73. The Hall–Kier alpha value is -1.55. The summed E-state index contributed by atoms with van der Waals surface area (Å²) in [6.45, 7) is 1.33. The van der Waals surface area contributed by atoms with Gasteiger partial charge in [0.1, 0.15) is 17.4 Å². The molecule has 0 unspecified atom stereocenters. The zero-order valence-electron chi connectivity index (χ0n) is 7.99. The van der Waals surface area contributed by atoms with Crippen molar-refractivity contribution < 1.29 is 19.4 Å². The Morgan fingerprint density at radius 1 is 1.47 bits per heavy atom. The number of carbonyl (C=O) groups is 2. The van der Waals surface area contributed by atoms with Crippen LogP contribution in [0.5, 0.6) is 11.5 Å². The van der Waals surface area contributed by atoms with Gasteiger partial charge in [0, 0.05) is 6.07 Å². The van der Waals surface area contributed by atoms with Gasteiger partial charge in [0.25, 0.3) is 0 Å². The number of carbonyl (C=O) groups excluding carboxylic acids is 2. The topological polar surface area (TPSA) is 63.6 Å². The molecule has 0 aromatic heterocycles. The van der Waals surface area contributed by atoms with Gasteiger partial charge < -0.3 is 9.84 Å². The summed E-state index contributed by atoms with van der Waals surface area (Å²) < 4.78 is 4.74. The van der Waals surface area contributed by atoms with Gasteiger partial charge >= 0.3 is 5.97 Å². The monoisotopic (exact) mass is 228 g/mol. The molecule has 15 heavy (non-hydrogen) atoms. The maximum atomic E-state index is 11.0. The van der Waals surface area contributed by atoms with Crippen LogP contribution in [0.1, 0.15) is 17.3 Å². The fraction of sp³-hybridized carbons (Fsp3) is 0.200. The van der Waals surface area contributed by atoms with Gasteiger partial charge in [0.05, 0.1) is 5.56 Å². The fourth-order valence-corrected chi connectivity index (χ4v) is 1.09. The van der Waals surface area contributed by atoms with Gasteiger partial charge in [0.2, 0.25) is 0 Å². The molecule has 1 aromatic rings. The summed E-state index contributed by atoms with van der Waals surface area (Å²) in [5, 5.41) is 9.40. The van der Waals surface area contributed by atoms with Crippen molar-refractivity contribution in [3.63, 3.8) is 0 Å². The Morgan fingerprint density at radius 3 is 2.60 bits per heavy atom. The molecule has 0 atom stereocenters. The number of esters is 1. The highest BCUT2D eigenvalue weighted by Gasteiger charge is 2.09. The average molecular weight is 229 g/mol. The molecule has 5 heteroatoms. The summed E-state index contributed by atoms with van der Waals surface area (Å²) in [5.74, 6) is -1.21. The van der Waals surface area contributed by atoms with Crippen molar-refractivity contribution in [1.82, 2.24) is 0 Å². The highest BCUT2D eigenvalue weighted by molar-refractivity contribution is 6.26. The van der Waals surface area contributed by atoms with Crippen LogP contribution in [0.4, 0.5) is 0 Å². The number of aromatic hydroxyl groups is 1. The molecule has 80 valence electrons. The molecule has 0 aliphatic rings. The first-order valence-corrected chi connectivity index (χ1v) is 4.68. The average Bonchev–Trinajstić information content (AvgIpc) is 2.17. The van der Waals surface area contributed by atoms with E-state index in [2.05, 4.69) is 0 Å². The molecule has 0 bridgehead atoms. The molecule has 0 aliphatic heterocycles. The van der Waals surface area contributed by atoms with Crippen LogP contribution in [0.15, 0.2) is 18.2 Å². The lowest BCUT2D eigenvalue weighted by Gasteiger charge is -2.04. The van der Waals surface area contributed by atoms with E-state index in [1.54, 1.807) is 0 Å². The van der Waals surface area contributed by atoms with Crippen LogP contribution in [0.3, 0.4) is 0 Å². The van der Waals surface area contributed by atoms with E-state index in [0.717, 1.165) is 0 Å². The largest absolute Gasteiger partial charge is 0.507 e. The van der Waals surface area contributed by atoms with Crippen LogP contribution >= 0.6 is 11.6 Å². The van der Waals surface area contributed by atoms with Crippen LogP contribution in [0.2, 0.25) is 0 Å². The van der Waals surface area contributed by atoms with Gasteiger partial charge in [-0.2, -0.15) is 0 Å². The molecule has 1 rings (SSSR count). The zero-order valence-corrected chi connectivity index (χ0v) is 8.75. The highest BCUT2D eigenvalue weighted by atomic mass is 35.5. The molecule has 1 N–H and O–H groups in total. The quantitative estimate of drug-likeness (QED) is 0.370. The Balaban J connectivity index is 2.91.